The largest absolute Gasteiger partial charge is 0.457 e. The van der Waals surface area contributed by atoms with Gasteiger partial charge in [0.25, 0.3) is 0 Å². The van der Waals surface area contributed by atoms with Gasteiger partial charge in [0.05, 0.1) is 5.41 Å². The molecule has 0 N–H and O–H groups in total. The number of allylic oxidation sites excluding steroid dienone is 1. The molecular formula is C26H38O4. The molecule has 166 valence electrons. The Kier molecular flexibility index (Phi) is 5.30. The lowest BCUT2D eigenvalue weighted by Crippen LogP contribution is -2.51. The van der Waals surface area contributed by atoms with E-state index in [2.05, 4.69) is 13.8 Å². The van der Waals surface area contributed by atoms with Crippen LogP contribution in [0.5, 0.6) is 0 Å². The lowest BCUT2D eigenvalue weighted by Gasteiger charge is -2.58. The summed E-state index contributed by atoms with van der Waals surface area (Å²) in [5, 5.41) is 0. The zero-order chi connectivity index (χ0) is 21.9. The molecule has 0 spiro atoms. The Bertz CT molecular complexity index is 787. The highest BCUT2D eigenvalue weighted by Gasteiger charge is 2.60. The zero-order valence-electron chi connectivity index (χ0n) is 19.4. The first-order valence-electron chi connectivity index (χ1n) is 11.9. The summed E-state index contributed by atoms with van der Waals surface area (Å²) in [4.78, 5) is 37.2. The third-order valence-electron chi connectivity index (χ3n) is 9.31. The highest BCUT2D eigenvalue weighted by Crippen LogP contribution is 2.66. The van der Waals surface area contributed by atoms with E-state index in [4.69, 9.17) is 4.74 Å². The number of Topliss-reactive ketones (excluding diaryl/α,β-unsaturated/α-hetero) is 1. The summed E-state index contributed by atoms with van der Waals surface area (Å²) >= 11 is 0. The molecule has 0 unspecified atom stereocenters. The predicted molar refractivity (Wildman–Crippen MR) is 116 cm³/mol. The second-order valence-corrected chi connectivity index (χ2v) is 11.9. The molecule has 3 fully saturated rings. The van der Waals surface area contributed by atoms with Crippen LogP contribution in [0.15, 0.2) is 11.6 Å². The summed E-state index contributed by atoms with van der Waals surface area (Å²) < 4.78 is 5.38. The fourth-order valence-electron chi connectivity index (χ4n) is 7.54. The molecule has 0 aromatic heterocycles. The number of ether oxygens (including phenoxy) is 1. The molecular weight excluding hydrogens is 376 g/mol. The second-order valence-electron chi connectivity index (χ2n) is 11.9. The van der Waals surface area contributed by atoms with Gasteiger partial charge in [0.15, 0.2) is 11.6 Å². The van der Waals surface area contributed by atoms with E-state index in [-0.39, 0.29) is 35.1 Å². The molecule has 4 aliphatic rings. The van der Waals surface area contributed by atoms with E-state index >= 15 is 0 Å². The van der Waals surface area contributed by atoms with Crippen LogP contribution in [0, 0.1) is 39.9 Å². The summed E-state index contributed by atoms with van der Waals surface area (Å²) in [5.41, 5.74) is 1.00. The average Bonchev–Trinajstić information content (AvgIpc) is 3.03. The Morgan fingerprint density at radius 2 is 1.77 bits per heavy atom. The van der Waals surface area contributed by atoms with Gasteiger partial charge in [0.2, 0.25) is 0 Å². The first kappa shape index (κ1) is 21.8. The fourth-order valence-corrected chi connectivity index (χ4v) is 7.54. The molecule has 0 bridgehead atoms. The van der Waals surface area contributed by atoms with Crippen LogP contribution in [0.2, 0.25) is 0 Å². The number of fused-ring (bicyclic) bond motifs is 5. The van der Waals surface area contributed by atoms with Crippen molar-refractivity contribution in [3.8, 4) is 0 Å². The molecule has 0 aliphatic heterocycles. The third kappa shape index (κ3) is 3.39. The van der Waals surface area contributed by atoms with Gasteiger partial charge in [-0.3, -0.25) is 14.4 Å². The van der Waals surface area contributed by atoms with Crippen molar-refractivity contribution in [1.82, 2.24) is 0 Å². The van der Waals surface area contributed by atoms with Gasteiger partial charge in [-0.2, -0.15) is 0 Å². The maximum Gasteiger partial charge on any atom is 0.311 e. The van der Waals surface area contributed by atoms with E-state index < -0.39 is 5.41 Å². The smallest absolute Gasteiger partial charge is 0.311 e. The quantitative estimate of drug-likeness (QED) is 0.589. The number of ketones is 2. The molecule has 3 saturated carbocycles. The summed E-state index contributed by atoms with van der Waals surface area (Å²) in [6.07, 6.45) is 10.1. The van der Waals surface area contributed by atoms with Crippen LogP contribution in [-0.4, -0.2) is 24.1 Å². The number of carbonyl (C=O) groups excluding carboxylic acids is 3. The maximum atomic E-state index is 13.1. The van der Waals surface area contributed by atoms with Crippen molar-refractivity contribution in [3.63, 3.8) is 0 Å². The molecule has 0 saturated heterocycles. The summed E-state index contributed by atoms with van der Waals surface area (Å²) in [7, 11) is 0. The Morgan fingerprint density at radius 1 is 1.03 bits per heavy atom. The number of hydrogen-bond donors (Lipinski definition) is 0. The van der Waals surface area contributed by atoms with Crippen LogP contribution in [0.1, 0.15) is 86.0 Å². The molecule has 0 aromatic carbocycles. The van der Waals surface area contributed by atoms with Crippen molar-refractivity contribution < 1.29 is 19.1 Å². The summed E-state index contributed by atoms with van der Waals surface area (Å²) in [6.45, 7) is 10.1. The molecule has 6 atom stereocenters. The molecule has 0 amide bonds. The Balaban J connectivity index is 1.49. The van der Waals surface area contributed by atoms with Crippen molar-refractivity contribution in [2.45, 2.75) is 86.0 Å². The van der Waals surface area contributed by atoms with Crippen molar-refractivity contribution in [3.05, 3.63) is 11.6 Å². The molecule has 0 radical (unpaired) electrons. The zero-order valence-corrected chi connectivity index (χ0v) is 19.4. The summed E-state index contributed by atoms with van der Waals surface area (Å²) in [6, 6.07) is 0. The molecule has 30 heavy (non-hydrogen) atoms. The standard InChI is InChI=1S/C26H38O4/c1-24(2,3)23(29)30-15-22(28)21-9-8-19-18-7-6-16-14-17(27)10-12-25(16,4)20(18)11-13-26(19,21)5/h14,18-21H,6-13,15H2,1-5H3/t18-,19+,20+,21-,25-,26-/m0/s1. The lowest BCUT2D eigenvalue weighted by atomic mass is 9.46. The van der Waals surface area contributed by atoms with Crippen LogP contribution < -0.4 is 0 Å². The molecule has 0 aromatic rings. The first-order chi connectivity index (χ1) is 14.0. The SMILES string of the molecule is CC(C)(C)C(=O)OCC(=O)[C@@H]1CC[C@@H]2[C@@H]3CCC4=CC(=O)CC[C@]4(C)[C@@H]3CC[C@@]21C. The molecule has 4 rings (SSSR count). The van der Waals surface area contributed by atoms with Gasteiger partial charge in [-0.05, 0) is 100 Å². The van der Waals surface area contributed by atoms with E-state index in [0.29, 0.717) is 30.0 Å². The van der Waals surface area contributed by atoms with Gasteiger partial charge in [-0.25, -0.2) is 0 Å². The van der Waals surface area contributed by atoms with Crippen molar-refractivity contribution in [2.24, 2.45) is 39.9 Å². The monoisotopic (exact) mass is 414 g/mol. The topological polar surface area (TPSA) is 60.4 Å². The highest BCUT2D eigenvalue weighted by molar-refractivity contribution is 5.91. The number of hydrogen-bond acceptors (Lipinski definition) is 4. The van der Waals surface area contributed by atoms with Gasteiger partial charge in [-0.15, -0.1) is 0 Å². The van der Waals surface area contributed by atoms with Crippen molar-refractivity contribution in [1.29, 1.82) is 0 Å². The van der Waals surface area contributed by atoms with E-state index in [9.17, 15) is 14.4 Å². The van der Waals surface area contributed by atoms with Crippen molar-refractivity contribution >= 4 is 17.5 Å². The van der Waals surface area contributed by atoms with E-state index in [1.807, 2.05) is 26.8 Å². The number of esters is 1. The molecule has 4 heteroatoms. The van der Waals surface area contributed by atoms with Gasteiger partial charge in [0, 0.05) is 12.3 Å². The summed E-state index contributed by atoms with van der Waals surface area (Å²) in [5.74, 6) is 1.98. The van der Waals surface area contributed by atoms with E-state index in [0.717, 1.165) is 44.9 Å². The van der Waals surface area contributed by atoms with Crippen LogP contribution in [0.4, 0.5) is 0 Å². The van der Waals surface area contributed by atoms with Crippen LogP contribution >= 0.6 is 0 Å². The van der Waals surface area contributed by atoms with Gasteiger partial charge in [0.1, 0.15) is 6.61 Å². The highest BCUT2D eigenvalue weighted by atomic mass is 16.5. The average molecular weight is 415 g/mol. The number of carbonyl (C=O) groups is 3. The van der Waals surface area contributed by atoms with E-state index in [1.165, 1.54) is 5.57 Å². The predicted octanol–water partition coefficient (Wildman–Crippen LogP) is 5.29. The van der Waals surface area contributed by atoms with Crippen molar-refractivity contribution in [2.75, 3.05) is 6.61 Å². The normalized spacial score (nSPS) is 40.7. The lowest BCUT2D eigenvalue weighted by molar-refractivity contribution is -0.158. The van der Waals surface area contributed by atoms with E-state index in [1.54, 1.807) is 0 Å². The number of rotatable bonds is 3. The second kappa shape index (κ2) is 7.31. The maximum absolute atomic E-state index is 13.1. The molecule has 4 nitrogen and oxygen atoms in total. The van der Waals surface area contributed by atoms with Crippen LogP contribution in [-0.2, 0) is 19.1 Å². The van der Waals surface area contributed by atoms with Crippen LogP contribution in [0.25, 0.3) is 0 Å². The minimum absolute atomic E-state index is 0.00824. The third-order valence-corrected chi connectivity index (χ3v) is 9.31. The van der Waals surface area contributed by atoms with Gasteiger partial charge in [-0.1, -0.05) is 19.4 Å². The van der Waals surface area contributed by atoms with Crippen LogP contribution in [0.3, 0.4) is 0 Å². The van der Waals surface area contributed by atoms with Gasteiger partial charge >= 0.3 is 5.97 Å². The first-order valence-corrected chi connectivity index (χ1v) is 11.9. The minimum atomic E-state index is -0.579. The Morgan fingerprint density at radius 3 is 2.47 bits per heavy atom. The fraction of sp³-hybridized carbons (Fsp3) is 0.808. The van der Waals surface area contributed by atoms with Gasteiger partial charge < -0.3 is 4.74 Å². The molecule has 0 heterocycles. The Labute approximate surface area is 181 Å². The Hall–Kier alpha value is -1.45. The molecule has 4 aliphatic carbocycles. The minimum Gasteiger partial charge on any atom is -0.457 e.